The molecule has 0 fully saturated rings. The maximum Gasteiger partial charge on any atom is 0.229 e. The number of hydrogen-bond acceptors (Lipinski definition) is 6. The number of aromatic nitrogens is 2. The fourth-order valence-electron chi connectivity index (χ4n) is 3.99. The van der Waals surface area contributed by atoms with E-state index in [9.17, 15) is 9.67 Å². The van der Waals surface area contributed by atoms with Crippen LogP contribution in [-0.2, 0) is 24.0 Å². The molecule has 0 unspecified atom stereocenters. The molecule has 1 heterocycles. The van der Waals surface area contributed by atoms with E-state index in [4.69, 9.17) is 11.6 Å². The van der Waals surface area contributed by atoms with Crippen LogP contribution in [0.3, 0.4) is 0 Å². The Balaban J connectivity index is 1.60. The predicted octanol–water partition coefficient (Wildman–Crippen LogP) is 5.63. The fraction of sp³-hybridized carbons (Fsp3) is 0.333. The normalized spacial score (nSPS) is 13.9. The van der Waals surface area contributed by atoms with Crippen LogP contribution in [-0.4, -0.2) is 28.4 Å². The highest BCUT2D eigenvalue weighted by molar-refractivity contribution is 7.70. The van der Waals surface area contributed by atoms with Crippen molar-refractivity contribution in [2.24, 2.45) is 0 Å². The number of nitrogens with zero attached hydrogens (tertiary/aromatic N) is 2. The Morgan fingerprint density at radius 1 is 1.03 bits per heavy atom. The second kappa shape index (κ2) is 9.62. The van der Waals surface area contributed by atoms with E-state index >= 15 is 0 Å². The first-order valence-corrected chi connectivity index (χ1v) is 13.8. The summed E-state index contributed by atoms with van der Waals surface area (Å²) in [6, 6.07) is 11.8. The van der Waals surface area contributed by atoms with Crippen LogP contribution in [0.4, 0.5) is 23.1 Å². The Morgan fingerprint density at radius 2 is 1.81 bits per heavy atom. The molecule has 8 heteroatoms. The molecule has 6 nitrogen and oxygen atoms in total. The van der Waals surface area contributed by atoms with Crippen LogP contribution >= 0.6 is 18.7 Å². The van der Waals surface area contributed by atoms with Crippen molar-refractivity contribution in [1.29, 1.82) is 0 Å². The number of halogens is 1. The van der Waals surface area contributed by atoms with Crippen molar-refractivity contribution in [1.82, 2.24) is 9.97 Å². The van der Waals surface area contributed by atoms with Crippen LogP contribution < -0.4 is 15.9 Å². The van der Waals surface area contributed by atoms with Crippen molar-refractivity contribution < 1.29 is 9.67 Å². The first kappa shape index (κ1) is 22.8. The highest BCUT2D eigenvalue weighted by atomic mass is 35.5. The fourth-order valence-corrected chi connectivity index (χ4v) is 5.31. The van der Waals surface area contributed by atoms with Crippen molar-refractivity contribution in [3.8, 4) is 0 Å². The number of aryl methyl sites for hydroxylation is 2. The summed E-state index contributed by atoms with van der Waals surface area (Å²) in [4.78, 5) is 8.88. The van der Waals surface area contributed by atoms with Crippen LogP contribution in [0.5, 0.6) is 0 Å². The van der Waals surface area contributed by atoms with Gasteiger partial charge in [0.25, 0.3) is 0 Å². The molecular weight excluding hydrogens is 443 g/mol. The van der Waals surface area contributed by atoms with E-state index in [0.717, 1.165) is 18.5 Å². The molecule has 0 radical (unpaired) electrons. The maximum absolute atomic E-state index is 12.8. The average Bonchev–Trinajstić information content (AvgIpc) is 3.00. The Bertz CT molecular complexity index is 1180. The van der Waals surface area contributed by atoms with Crippen LogP contribution in [0.15, 0.2) is 42.6 Å². The van der Waals surface area contributed by atoms with Gasteiger partial charge in [-0.25, -0.2) is 4.98 Å². The van der Waals surface area contributed by atoms with E-state index in [1.807, 2.05) is 0 Å². The molecule has 0 saturated heterocycles. The van der Waals surface area contributed by atoms with Crippen molar-refractivity contribution >= 4 is 47.2 Å². The molecule has 3 aromatic rings. The molecular formula is C24H28ClN4O2P. The zero-order chi connectivity index (χ0) is 22.7. The summed E-state index contributed by atoms with van der Waals surface area (Å²) in [5.41, 5.74) is 5.10. The lowest BCUT2D eigenvalue weighted by atomic mass is 10.0. The molecule has 1 aliphatic carbocycles. The molecule has 1 aliphatic rings. The highest BCUT2D eigenvalue weighted by Crippen LogP contribution is 2.39. The minimum Gasteiger partial charge on any atom is -0.392 e. The number of aliphatic hydroxyl groups is 1. The number of fused-ring (bicyclic) bond motifs is 1. The minimum atomic E-state index is -2.61. The summed E-state index contributed by atoms with van der Waals surface area (Å²) < 4.78 is 12.8. The Morgan fingerprint density at radius 3 is 2.56 bits per heavy atom. The molecule has 0 atom stereocenters. The molecule has 0 amide bonds. The monoisotopic (exact) mass is 470 g/mol. The second-order valence-electron chi connectivity index (χ2n) is 8.54. The topological polar surface area (TPSA) is 87.1 Å². The minimum absolute atomic E-state index is 0.115. The molecule has 0 spiro atoms. The molecule has 0 bridgehead atoms. The van der Waals surface area contributed by atoms with Gasteiger partial charge in [-0.1, -0.05) is 30.2 Å². The van der Waals surface area contributed by atoms with Gasteiger partial charge in [-0.15, -0.1) is 0 Å². The highest BCUT2D eigenvalue weighted by Gasteiger charge is 2.18. The van der Waals surface area contributed by atoms with Gasteiger partial charge in [-0.3, -0.25) is 0 Å². The van der Waals surface area contributed by atoms with E-state index in [1.165, 1.54) is 30.4 Å². The Hall–Kier alpha value is -2.40. The molecule has 32 heavy (non-hydrogen) atoms. The zero-order valence-corrected chi connectivity index (χ0v) is 20.0. The van der Waals surface area contributed by atoms with Gasteiger partial charge < -0.3 is 20.3 Å². The van der Waals surface area contributed by atoms with Crippen molar-refractivity contribution in [2.45, 2.75) is 38.7 Å². The summed E-state index contributed by atoms with van der Waals surface area (Å²) in [6.45, 7) is 3.28. The average molecular weight is 471 g/mol. The molecule has 2 aromatic carbocycles. The zero-order valence-electron chi connectivity index (χ0n) is 18.4. The van der Waals surface area contributed by atoms with Gasteiger partial charge in [0.05, 0.1) is 18.5 Å². The van der Waals surface area contributed by atoms with Crippen molar-refractivity contribution in [3.05, 3.63) is 64.3 Å². The van der Waals surface area contributed by atoms with E-state index in [-0.39, 0.29) is 6.61 Å². The van der Waals surface area contributed by atoms with Gasteiger partial charge in [0.15, 0.2) is 5.82 Å². The lowest BCUT2D eigenvalue weighted by Gasteiger charge is -2.17. The third-order valence-corrected chi connectivity index (χ3v) is 7.48. The molecule has 4 rings (SSSR count). The smallest absolute Gasteiger partial charge is 0.229 e. The summed E-state index contributed by atoms with van der Waals surface area (Å²) in [6.07, 6.45) is 7.52. The molecule has 1 aromatic heterocycles. The van der Waals surface area contributed by atoms with Gasteiger partial charge in [-0.05, 0) is 80.0 Å². The van der Waals surface area contributed by atoms with E-state index in [2.05, 4.69) is 38.8 Å². The van der Waals surface area contributed by atoms with Gasteiger partial charge in [0, 0.05) is 11.0 Å². The van der Waals surface area contributed by atoms with Gasteiger partial charge in [-0.2, -0.15) is 4.98 Å². The molecule has 3 N–H and O–H groups in total. The summed E-state index contributed by atoms with van der Waals surface area (Å²) in [5.74, 6) is 0.848. The maximum atomic E-state index is 12.8. The second-order valence-corrected chi connectivity index (χ2v) is 12.1. The van der Waals surface area contributed by atoms with Crippen molar-refractivity contribution in [2.75, 3.05) is 24.0 Å². The number of anilines is 4. The van der Waals surface area contributed by atoms with Crippen LogP contribution in [0.25, 0.3) is 0 Å². The number of benzene rings is 2. The third-order valence-electron chi connectivity index (χ3n) is 5.68. The standard InChI is InChI=1S/C24H28ClN4O2P/c1-32(2,31)22-12-16(15-30)8-11-21(22)28-23-20(25)14-26-24(29-23)27-19-10-9-17-6-4-3-5-7-18(17)13-19/h8-14,30H,3-7,15H2,1-2H3,(H2,26,27,28,29). The first-order valence-electron chi connectivity index (χ1n) is 10.8. The third kappa shape index (κ3) is 5.32. The van der Waals surface area contributed by atoms with Crippen LogP contribution in [0, 0.1) is 0 Å². The summed E-state index contributed by atoms with van der Waals surface area (Å²) in [5, 5.41) is 16.9. The van der Waals surface area contributed by atoms with Gasteiger partial charge in [0.1, 0.15) is 12.2 Å². The Labute approximate surface area is 193 Å². The molecule has 168 valence electrons. The predicted molar refractivity (Wildman–Crippen MR) is 133 cm³/mol. The van der Waals surface area contributed by atoms with Crippen LogP contribution in [0.2, 0.25) is 5.02 Å². The van der Waals surface area contributed by atoms with E-state index < -0.39 is 7.14 Å². The van der Waals surface area contributed by atoms with E-state index in [0.29, 0.717) is 33.3 Å². The number of rotatable bonds is 6. The summed E-state index contributed by atoms with van der Waals surface area (Å²) in [7, 11) is -2.61. The first-order chi connectivity index (χ1) is 15.3. The lowest BCUT2D eigenvalue weighted by Crippen LogP contribution is -2.12. The van der Waals surface area contributed by atoms with Crippen LogP contribution in [0.1, 0.15) is 36.0 Å². The Kier molecular flexibility index (Phi) is 6.85. The van der Waals surface area contributed by atoms with Crippen molar-refractivity contribution in [3.63, 3.8) is 0 Å². The van der Waals surface area contributed by atoms with Gasteiger partial charge >= 0.3 is 0 Å². The quantitative estimate of drug-likeness (QED) is 0.320. The molecule has 0 saturated carbocycles. The molecule has 0 aliphatic heterocycles. The SMILES string of the molecule is CP(C)(=O)c1cc(CO)ccc1Nc1nc(Nc2ccc3c(c2)CCCCC3)ncc1Cl. The summed E-state index contributed by atoms with van der Waals surface area (Å²) >= 11 is 6.36. The number of hydrogen-bond donors (Lipinski definition) is 3. The number of aliphatic hydroxyl groups excluding tert-OH is 1. The van der Waals surface area contributed by atoms with E-state index in [1.54, 1.807) is 37.7 Å². The van der Waals surface area contributed by atoms with Gasteiger partial charge in [0.2, 0.25) is 5.95 Å². The largest absolute Gasteiger partial charge is 0.392 e. The lowest BCUT2D eigenvalue weighted by molar-refractivity contribution is 0.282. The number of nitrogens with one attached hydrogen (secondary N) is 2.